The summed E-state index contributed by atoms with van der Waals surface area (Å²) in [6, 6.07) is 21.5. The van der Waals surface area contributed by atoms with Crippen LogP contribution in [0.3, 0.4) is 0 Å². The van der Waals surface area contributed by atoms with Crippen molar-refractivity contribution in [2.24, 2.45) is 0 Å². The minimum absolute atomic E-state index is 0.175. The van der Waals surface area contributed by atoms with Crippen LogP contribution in [0.1, 0.15) is 49.0 Å². The van der Waals surface area contributed by atoms with Crippen molar-refractivity contribution in [3.05, 3.63) is 105 Å². The number of amides is 1. The van der Waals surface area contributed by atoms with Gasteiger partial charge in [-0.1, -0.05) is 56.6 Å². The van der Waals surface area contributed by atoms with Crippen molar-refractivity contribution in [3.63, 3.8) is 0 Å². The zero-order chi connectivity index (χ0) is 26.4. The van der Waals surface area contributed by atoms with Crippen LogP contribution in [-0.2, 0) is 0 Å². The van der Waals surface area contributed by atoms with Gasteiger partial charge in [-0.15, -0.1) is 0 Å². The van der Waals surface area contributed by atoms with Gasteiger partial charge in [0.1, 0.15) is 5.75 Å². The van der Waals surface area contributed by atoms with E-state index in [-0.39, 0.29) is 17.3 Å². The topological polar surface area (TPSA) is 85.2 Å². The second-order valence-electron chi connectivity index (χ2n) is 8.87. The molecule has 0 fully saturated rings. The first-order valence-corrected chi connectivity index (χ1v) is 12.5. The van der Waals surface area contributed by atoms with Gasteiger partial charge in [-0.3, -0.25) is 9.59 Å². The standard InChI is InChI=1S/C29H29ClN4O3/c1-4-15-31-28(35)21-7-5-9-23(16-21)33-27-26(37-25-13-11-20(12-14-25)19(2)3)18-32-34(29(27)36)24-10-6-8-22(30)17-24/h5-14,16-19,33H,4,15H2,1-3H3,(H,31,35). The molecule has 8 heteroatoms. The summed E-state index contributed by atoms with van der Waals surface area (Å²) in [5.74, 6) is 1.03. The van der Waals surface area contributed by atoms with Crippen molar-refractivity contribution in [2.75, 3.05) is 11.9 Å². The van der Waals surface area contributed by atoms with Crippen molar-refractivity contribution in [2.45, 2.75) is 33.1 Å². The second kappa shape index (κ2) is 11.8. The molecule has 0 unspecified atom stereocenters. The van der Waals surface area contributed by atoms with E-state index in [4.69, 9.17) is 16.3 Å². The molecule has 3 aromatic carbocycles. The quantitative estimate of drug-likeness (QED) is 0.259. The zero-order valence-electron chi connectivity index (χ0n) is 21.0. The number of nitrogens with one attached hydrogen (secondary N) is 2. The van der Waals surface area contributed by atoms with E-state index in [0.717, 1.165) is 6.42 Å². The average Bonchev–Trinajstić information content (AvgIpc) is 2.90. The second-order valence-corrected chi connectivity index (χ2v) is 9.30. The van der Waals surface area contributed by atoms with E-state index in [2.05, 4.69) is 29.6 Å². The van der Waals surface area contributed by atoms with Crippen LogP contribution < -0.4 is 20.9 Å². The van der Waals surface area contributed by atoms with Gasteiger partial charge in [0.15, 0.2) is 11.4 Å². The molecule has 0 spiro atoms. The highest BCUT2D eigenvalue weighted by atomic mass is 35.5. The number of hydrogen-bond acceptors (Lipinski definition) is 5. The van der Waals surface area contributed by atoms with Gasteiger partial charge in [0.25, 0.3) is 11.5 Å². The van der Waals surface area contributed by atoms with Crippen LogP contribution in [0.25, 0.3) is 5.69 Å². The van der Waals surface area contributed by atoms with Crippen molar-refractivity contribution in [1.82, 2.24) is 15.1 Å². The third-order valence-electron chi connectivity index (χ3n) is 5.70. The number of halogens is 1. The van der Waals surface area contributed by atoms with Gasteiger partial charge < -0.3 is 15.4 Å². The van der Waals surface area contributed by atoms with Gasteiger partial charge in [-0.2, -0.15) is 9.78 Å². The summed E-state index contributed by atoms with van der Waals surface area (Å²) in [5.41, 5.74) is 2.48. The van der Waals surface area contributed by atoms with E-state index in [9.17, 15) is 9.59 Å². The molecular formula is C29H29ClN4O3. The van der Waals surface area contributed by atoms with Crippen molar-refractivity contribution in [3.8, 4) is 17.2 Å². The number of benzene rings is 3. The Labute approximate surface area is 221 Å². The Kier molecular flexibility index (Phi) is 8.25. The van der Waals surface area contributed by atoms with Crippen LogP contribution in [0.15, 0.2) is 83.8 Å². The lowest BCUT2D eigenvalue weighted by molar-refractivity contribution is 0.0953. The fourth-order valence-corrected chi connectivity index (χ4v) is 3.88. The molecule has 7 nitrogen and oxygen atoms in total. The Balaban J connectivity index is 1.74. The Hall–Kier alpha value is -4.10. The SMILES string of the molecule is CCCNC(=O)c1cccc(Nc2c(Oc3ccc(C(C)C)cc3)cnn(-c3cccc(Cl)c3)c2=O)c1. The minimum atomic E-state index is -0.431. The van der Waals surface area contributed by atoms with Crippen molar-refractivity contribution >= 4 is 28.9 Å². The smallest absolute Gasteiger partial charge is 0.299 e. The Bertz CT molecular complexity index is 1450. The van der Waals surface area contributed by atoms with Gasteiger partial charge in [0.2, 0.25) is 0 Å². The molecule has 4 aromatic rings. The number of anilines is 2. The molecule has 190 valence electrons. The van der Waals surface area contributed by atoms with E-state index < -0.39 is 5.56 Å². The fourth-order valence-electron chi connectivity index (χ4n) is 3.69. The summed E-state index contributed by atoms with van der Waals surface area (Å²) >= 11 is 6.15. The maximum Gasteiger partial charge on any atom is 0.299 e. The summed E-state index contributed by atoms with van der Waals surface area (Å²) in [5, 5.41) is 10.8. The molecule has 0 saturated carbocycles. The summed E-state index contributed by atoms with van der Waals surface area (Å²) in [4.78, 5) is 26.1. The molecule has 37 heavy (non-hydrogen) atoms. The van der Waals surface area contributed by atoms with E-state index in [1.165, 1.54) is 16.4 Å². The van der Waals surface area contributed by atoms with E-state index >= 15 is 0 Å². The summed E-state index contributed by atoms with van der Waals surface area (Å²) in [7, 11) is 0. The Morgan fingerprint density at radius 3 is 2.51 bits per heavy atom. The molecule has 0 aliphatic heterocycles. The zero-order valence-corrected chi connectivity index (χ0v) is 21.8. The van der Waals surface area contributed by atoms with Crippen LogP contribution in [0.2, 0.25) is 5.02 Å². The Morgan fingerprint density at radius 2 is 1.81 bits per heavy atom. The number of ether oxygens (including phenoxy) is 1. The average molecular weight is 517 g/mol. The van der Waals surface area contributed by atoms with Crippen molar-refractivity contribution in [1.29, 1.82) is 0 Å². The lowest BCUT2D eigenvalue weighted by Crippen LogP contribution is -2.25. The third-order valence-corrected chi connectivity index (χ3v) is 5.94. The van der Waals surface area contributed by atoms with Gasteiger partial charge >= 0.3 is 0 Å². The summed E-state index contributed by atoms with van der Waals surface area (Å²) in [6.07, 6.45) is 2.32. The third kappa shape index (κ3) is 6.37. The van der Waals surface area contributed by atoms with Gasteiger partial charge in [0, 0.05) is 22.8 Å². The van der Waals surface area contributed by atoms with Gasteiger partial charge in [-0.25, -0.2) is 0 Å². The van der Waals surface area contributed by atoms with Gasteiger partial charge in [-0.05, 0) is 66.4 Å². The van der Waals surface area contributed by atoms with Crippen LogP contribution in [0.5, 0.6) is 11.5 Å². The molecule has 0 aliphatic rings. The first-order chi connectivity index (χ1) is 17.9. The fraction of sp³-hybridized carbons (Fsp3) is 0.207. The number of aromatic nitrogens is 2. The first kappa shape index (κ1) is 26.0. The maximum absolute atomic E-state index is 13.6. The molecule has 1 amide bonds. The monoisotopic (exact) mass is 516 g/mol. The highest BCUT2D eigenvalue weighted by Gasteiger charge is 2.17. The molecule has 0 atom stereocenters. The predicted octanol–water partition coefficient (Wildman–Crippen LogP) is 6.69. The summed E-state index contributed by atoms with van der Waals surface area (Å²) < 4.78 is 7.35. The van der Waals surface area contributed by atoms with E-state index in [1.807, 2.05) is 31.2 Å². The Morgan fingerprint density at radius 1 is 1.05 bits per heavy atom. The molecule has 0 aliphatic carbocycles. The number of carbonyl (C=O) groups excluding carboxylic acids is 1. The molecule has 1 aromatic heterocycles. The molecule has 2 N–H and O–H groups in total. The highest BCUT2D eigenvalue weighted by Crippen LogP contribution is 2.30. The number of hydrogen-bond donors (Lipinski definition) is 2. The largest absolute Gasteiger partial charge is 0.453 e. The molecule has 1 heterocycles. The normalized spacial score (nSPS) is 10.8. The van der Waals surface area contributed by atoms with Crippen LogP contribution in [0, 0.1) is 0 Å². The molecule has 0 radical (unpaired) electrons. The molecule has 0 bridgehead atoms. The molecule has 4 rings (SSSR count). The van der Waals surface area contributed by atoms with Crippen LogP contribution in [-0.4, -0.2) is 22.2 Å². The lowest BCUT2D eigenvalue weighted by Gasteiger charge is -2.15. The first-order valence-electron chi connectivity index (χ1n) is 12.2. The van der Waals surface area contributed by atoms with Gasteiger partial charge in [0.05, 0.1) is 11.9 Å². The maximum atomic E-state index is 13.6. The van der Waals surface area contributed by atoms with E-state index in [1.54, 1.807) is 48.5 Å². The molecule has 0 saturated heterocycles. The van der Waals surface area contributed by atoms with Crippen LogP contribution in [0.4, 0.5) is 11.4 Å². The number of nitrogens with zero attached hydrogens (tertiary/aromatic N) is 2. The molecular weight excluding hydrogens is 488 g/mol. The number of rotatable bonds is 9. The van der Waals surface area contributed by atoms with Crippen molar-refractivity contribution < 1.29 is 9.53 Å². The van der Waals surface area contributed by atoms with E-state index in [0.29, 0.717) is 40.2 Å². The number of carbonyl (C=O) groups is 1. The predicted molar refractivity (Wildman–Crippen MR) is 148 cm³/mol. The highest BCUT2D eigenvalue weighted by molar-refractivity contribution is 6.30. The minimum Gasteiger partial charge on any atom is -0.453 e. The summed E-state index contributed by atoms with van der Waals surface area (Å²) in [6.45, 7) is 6.81. The van der Waals surface area contributed by atoms with Crippen LogP contribution >= 0.6 is 11.6 Å². The lowest BCUT2D eigenvalue weighted by atomic mass is 10.0.